The van der Waals surface area contributed by atoms with Gasteiger partial charge in [-0.3, -0.25) is 0 Å². The molecule has 2 rings (SSSR count). The highest BCUT2D eigenvalue weighted by Crippen LogP contribution is 2.21. The second kappa shape index (κ2) is 7.06. The van der Waals surface area contributed by atoms with Crippen LogP contribution in [0.1, 0.15) is 17.5 Å². The summed E-state index contributed by atoms with van der Waals surface area (Å²) in [6.45, 7) is 0. The maximum absolute atomic E-state index is 14.0. The van der Waals surface area contributed by atoms with E-state index >= 15 is 0 Å². The molecular formula is C17H19FO2. The first-order valence-electron chi connectivity index (χ1n) is 6.74. The van der Waals surface area contributed by atoms with Crippen molar-refractivity contribution in [3.8, 4) is 5.75 Å². The molecule has 20 heavy (non-hydrogen) atoms. The molecule has 1 unspecified atom stereocenters. The molecule has 2 aromatic carbocycles. The highest BCUT2D eigenvalue weighted by Gasteiger charge is 2.12. The predicted octanol–water partition coefficient (Wildman–Crippen LogP) is 3.37. The maximum Gasteiger partial charge on any atom is 0.168 e. The smallest absolute Gasteiger partial charge is 0.168 e. The van der Waals surface area contributed by atoms with Gasteiger partial charge >= 0.3 is 0 Å². The molecule has 0 aliphatic carbocycles. The monoisotopic (exact) mass is 274 g/mol. The summed E-state index contributed by atoms with van der Waals surface area (Å²) < 4.78 is 18.9. The number of rotatable bonds is 6. The van der Waals surface area contributed by atoms with E-state index in [-0.39, 0.29) is 11.6 Å². The first-order chi connectivity index (χ1) is 9.70. The predicted molar refractivity (Wildman–Crippen MR) is 77.4 cm³/mol. The average molecular weight is 274 g/mol. The average Bonchev–Trinajstić information content (AvgIpc) is 2.48. The van der Waals surface area contributed by atoms with Gasteiger partial charge in [-0.15, -0.1) is 0 Å². The molecule has 1 N–H and O–H groups in total. The van der Waals surface area contributed by atoms with Gasteiger partial charge < -0.3 is 9.84 Å². The van der Waals surface area contributed by atoms with Crippen molar-refractivity contribution in [1.82, 2.24) is 0 Å². The summed E-state index contributed by atoms with van der Waals surface area (Å²) >= 11 is 0. The van der Waals surface area contributed by atoms with Crippen molar-refractivity contribution < 1.29 is 14.2 Å². The third kappa shape index (κ3) is 3.81. The number of hydrogen-bond donors (Lipinski definition) is 1. The lowest BCUT2D eigenvalue weighted by molar-refractivity contribution is 0.163. The van der Waals surface area contributed by atoms with Crippen LogP contribution in [0, 0.1) is 5.82 Å². The van der Waals surface area contributed by atoms with E-state index in [1.165, 1.54) is 12.7 Å². The van der Waals surface area contributed by atoms with Crippen LogP contribution < -0.4 is 4.74 Å². The molecule has 0 spiro atoms. The number of aliphatic hydroxyl groups excluding tert-OH is 1. The molecule has 0 aliphatic heterocycles. The standard InChI is InChI=1S/C17H19FO2/c1-20-16-9-5-8-14(17(16)18)12-15(19)11-10-13-6-3-2-4-7-13/h2-9,15,19H,10-12H2,1H3. The highest BCUT2D eigenvalue weighted by atomic mass is 19.1. The van der Waals surface area contributed by atoms with Gasteiger partial charge in [-0.05, 0) is 30.0 Å². The van der Waals surface area contributed by atoms with E-state index in [0.29, 0.717) is 18.4 Å². The third-order valence-electron chi connectivity index (χ3n) is 3.33. The normalized spacial score (nSPS) is 12.2. The van der Waals surface area contributed by atoms with Crippen LogP contribution in [0.5, 0.6) is 5.75 Å². The fourth-order valence-corrected chi connectivity index (χ4v) is 2.21. The molecule has 0 amide bonds. The molecule has 0 saturated heterocycles. The van der Waals surface area contributed by atoms with E-state index in [9.17, 15) is 9.50 Å². The summed E-state index contributed by atoms with van der Waals surface area (Å²) in [5.74, 6) is -0.161. The number of aryl methyl sites for hydroxylation is 1. The summed E-state index contributed by atoms with van der Waals surface area (Å²) in [5, 5.41) is 10.0. The first-order valence-corrected chi connectivity index (χ1v) is 6.74. The van der Waals surface area contributed by atoms with Gasteiger partial charge in [0, 0.05) is 6.42 Å². The minimum Gasteiger partial charge on any atom is -0.494 e. The fraction of sp³-hybridized carbons (Fsp3) is 0.294. The van der Waals surface area contributed by atoms with Gasteiger partial charge in [0.2, 0.25) is 0 Å². The summed E-state index contributed by atoms with van der Waals surface area (Å²) in [4.78, 5) is 0. The van der Waals surface area contributed by atoms with Crippen LogP contribution in [0.15, 0.2) is 48.5 Å². The number of benzene rings is 2. The molecule has 0 saturated carbocycles. The van der Waals surface area contributed by atoms with Gasteiger partial charge in [-0.2, -0.15) is 0 Å². The second-order valence-electron chi connectivity index (χ2n) is 4.82. The number of halogens is 1. The molecule has 0 fully saturated rings. The number of methoxy groups -OCH3 is 1. The van der Waals surface area contributed by atoms with Crippen molar-refractivity contribution >= 4 is 0 Å². The Kier molecular flexibility index (Phi) is 5.13. The maximum atomic E-state index is 14.0. The van der Waals surface area contributed by atoms with E-state index < -0.39 is 6.10 Å². The Labute approximate surface area is 118 Å². The second-order valence-corrected chi connectivity index (χ2v) is 4.82. The molecule has 0 aromatic heterocycles. The molecule has 3 heteroatoms. The van der Waals surface area contributed by atoms with E-state index in [4.69, 9.17) is 4.74 Å². The molecule has 2 nitrogen and oxygen atoms in total. The van der Waals surface area contributed by atoms with Gasteiger partial charge in [0.25, 0.3) is 0 Å². The summed E-state index contributed by atoms with van der Waals surface area (Å²) in [7, 11) is 1.44. The van der Waals surface area contributed by atoms with E-state index in [2.05, 4.69) is 0 Å². The van der Waals surface area contributed by atoms with Crippen molar-refractivity contribution in [3.63, 3.8) is 0 Å². The Morgan fingerprint density at radius 2 is 1.85 bits per heavy atom. The van der Waals surface area contributed by atoms with Gasteiger partial charge in [0.15, 0.2) is 11.6 Å². The van der Waals surface area contributed by atoms with Gasteiger partial charge in [-0.25, -0.2) is 4.39 Å². The van der Waals surface area contributed by atoms with Crippen molar-refractivity contribution in [3.05, 3.63) is 65.5 Å². The Bertz CT molecular complexity index is 540. The van der Waals surface area contributed by atoms with Crippen LogP contribution in [0.2, 0.25) is 0 Å². The van der Waals surface area contributed by atoms with E-state index in [0.717, 1.165) is 6.42 Å². The summed E-state index contributed by atoms with van der Waals surface area (Å²) in [5.41, 5.74) is 1.67. The number of aliphatic hydroxyl groups is 1. The van der Waals surface area contributed by atoms with Gasteiger partial charge in [0.05, 0.1) is 13.2 Å². The zero-order valence-corrected chi connectivity index (χ0v) is 11.6. The van der Waals surface area contributed by atoms with Gasteiger partial charge in [0.1, 0.15) is 0 Å². The van der Waals surface area contributed by atoms with Crippen LogP contribution in [-0.2, 0) is 12.8 Å². The Hall–Kier alpha value is -1.87. The molecule has 0 bridgehead atoms. The van der Waals surface area contributed by atoms with Crippen LogP contribution >= 0.6 is 0 Å². The van der Waals surface area contributed by atoms with Crippen LogP contribution in [0.3, 0.4) is 0 Å². The van der Waals surface area contributed by atoms with E-state index in [1.54, 1.807) is 18.2 Å². The Balaban J connectivity index is 1.93. The fourth-order valence-electron chi connectivity index (χ4n) is 2.21. The lowest BCUT2D eigenvalue weighted by atomic mass is 10.0. The Morgan fingerprint density at radius 1 is 1.10 bits per heavy atom. The Morgan fingerprint density at radius 3 is 2.55 bits per heavy atom. The SMILES string of the molecule is COc1cccc(CC(O)CCc2ccccc2)c1F. The van der Waals surface area contributed by atoms with Crippen LogP contribution in [-0.4, -0.2) is 18.3 Å². The quantitative estimate of drug-likeness (QED) is 0.875. The molecule has 2 aromatic rings. The van der Waals surface area contributed by atoms with Crippen molar-refractivity contribution in [1.29, 1.82) is 0 Å². The molecule has 0 aliphatic rings. The summed E-state index contributed by atoms with van der Waals surface area (Å²) in [6.07, 6.45) is 1.14. The molecule has 1 atom stereocenters. The minimum absolute atomic E-state index is 0.220. The zero-order valence-electron chi connectivity index (χ0n) is 11.6. The lowest BCUT2D eigenvalue weighted by Crippen LogP contribution is -2.13. The third-order valence-corrected chi connectivity index (χ3v) is 3.33. The molecule has 106 valence electrons. The highest BCUT2D eigenvalue weighted by molar-refractivity contribution is 5.31. The number of ether oxygens (including phenoxy) is 1. The lowest BCUT2D eigenvalue weighted by Gasteiger charge is -2.12. The topological polar surface area (TPSA) is 29.5 Å². The molecular weight excluding hydrogens is 255 g/mol. The van der Waals surface area contributed by atoms with Crippen molar-refractivity contribution in [2.75, 3.05) is 7.11 Å². The zero-order chi connectivity index (χ0) is 14.4. The number of hydrogen-bond acceptors (Lipinski definition) is 2. The van der Waals surface area contributed by atoms with Crippen LogP contribution in [0.4, 0.5) is 4.39 Å². The van der Waals surface area contributed by atoms with Gasteiger partial charge in [-0.1, -0.05) is 42.5 Å². The largest absolute Gasteiger partial charge is 0.494 e. The molecule has 0 heterocycles. The first kappa shape index (κ1) is 14.5. The molecule has 0 radical (unpaired) electrons. The summed E-state index contributed by atoms with van der Waals surface area (Å²) in [6, 6.07) is 15.0. The minimum atomic E-state index is -0.559. The van der Waals surface area contributed by atoms with E-state index in [1.807, 2.05) is 30.3 Å². The van der Waals surface area contributed by atoms with Crippen molar-refractivity contribution in [2.45, 2.75) is 25.4 Å². The van der Waals surface area contributed by atoms with Crippen molar-refractivity contribution in [2.24, 2.45) is 0 Å². The van der Waals surface area contributed by atoms with Crippen LogP contribution in [0.25, 0.3) is 0 Å².